The van der Waals surface area contributed by atoms with Crippen molar-refractivity contribution in [3.05, 3.63) is 12.2 Å². The number of ether oxygens (including phenoxy) is 1. The lowest BCUT2D eigenvalue weighted by Crippen LogP contribution is -2.45. The smallest absolute Gasteiger partial charge is 0.305 e. The number of carbonyl (C=O) groups is 2. The fraction of sp³-hybridized carbons (Fsp3) is 0.941. The molecule has 0 saturated heterocycles. The Labute approximate surface area is 463 Å². The number of amides is 1. The summed E-state index contributed by atoms with van der Waals surface area (Å²) in [5, 5.41) is 23.2. The van der Waals surface area contributed by atoms with Gasteiger partial charge in [0, 0.05) is 12.8 Å². The zero-order valence-corrected chi connectivity index (χ0v) is 50.4. The highest BCUT2D eigenvalue weighted by Gasteiger charge is 2.18. The van der Waals surface area contributed by atoms with Crippen LogP contribution in [0.25, 0.3) is 0 Å². The second kappa shape index (κ2) is 64.1. The van der Waals surface area contributed by atoms with Crippen LogP contribution in [0.4, 0.5) is 0 Å². The van der Waals surface area contributed by atoms with Gasteiger partial charge < -0.3 is 20.3 Å². The molecule has 0 saturated carbocycles. The van der Waals surface area contributed by atoms with Crippen molar-refractivity contribution in [1.29, 1.82) is 0 Å². The first-order valence-electron chi connectivity index (χ1n) is 34.0. The van der Waals surface area contributed by atoms with Crippen molar-refractivity contribution in [2.24, 2.45) is 0 Å². The lowest BCUT2D eigenvalue weighted by Gasteiger charge is -2.20. The molecule has 0 radical (unpaired) electrons. The highest BCUT2D eigenvalue weighted by Crippen LogP contribution is 2.19. The molecule has 0 bridgehead atoms. The predicted molar refractivity (Wildman–Crippen MR) is 324 cm³/mol. The van der Waals surface area contributed by atoms with E-state index in [-0.39, 0.29) is 18.5 Å². The Kier molecular flexibility index (Phi) is 62.9. The maximum Gasteiger partial charge on any atom is 0.305 e. The monoisotopic (exact) mass is 1040 g/mol. The predicted octanol–water partition coefficient (Wildman–Crippen LogP) is 21.6. The molecule has 0 aromatic heterocycles. The Morgan fingerprint density at radius 2 is 0.622 bits per heavy atom. The van der Waals surface area contributed by atoms with Gasteiger partial charge in [-0.1, -0.05) is 353 Å². The molecule has 0 aliphatic rings. The molecule has 0 spiro atoms. The normalized spacial score (nSPS) is 12.5. The lowest BCUT2D eigenvalue weighted by atomic mass is 10.0. The Hall–Kier alpha value is -1.40. The van der Waals surface area contributed by atoms with Crippen molar-refractivity contribution < 1.29 is 24.5 Å². The molecular weight excluding hydrogens is 911 g/mol. The molecule has 1 amide bonds. The van der Waals surface area contributed by atoms with Gasteiger partial charge in [-0.05, 0) is 32.1 Å². The summed E-state index contributed by atoms with van der Waals surface area (Å²) in [4.78, 5) is 24.6. The molecule has 440 valence electrons. The van der Waals surface area contributed by atoms with Crippen molar-refractivity contribution in [1.82, 2.24) is 5.32 Å². The van der Waals surface area contributed by atoms with Gasteiger partial charge in [-0.3, -0.25) is 9.59 Å². The van der Waals surface area contributed by atoms with E-state index in [2.05, 4.69) is 19.2 Å². The largest absolute Gasteiger partial charge is 0.466 e. The Balaban J connectivity index is 3.35. The van der Waals surface area contributed by atoms with Crippen LogP contribution in [0.2, 0.25) is 0 Å². The van der Waals surface area contributed by atoms with Crippen molar-refractivity contribution in [2.75, 3.05) is 13.2 Å². The van der Waals surface area contributed by atoms with E-state index in [1.54, 1.807) is 6.08 Å². The highest BCUT2D eigenvalue weighted by molar-refractivity contribution is 5.76. The molecule has 2 atom stereocenters. The van der Waals surface area contributed by atoms with E-state index in [0.29, 0.717) is 19.4 Å². The Morgan fingerprint density at radius 1 is 0.365 bits per heavy atom. The fourth-order valence-corrected chi connectivity index (χ4v) is 10.9. The zero-order chi connectivity index (χ0) is 53.6. The Morgan fingerprint density at radius 3 is 0.919 bits per heavy atom. The summed E-state index contributed by atoms with van der Waals surface area (Å²) >= 11 is 0. The van der Waals surface area contributed by atoms with E-state index < -0.39 is 12.1 Å². The third-order valence-corrected chi connectivity index (χ3v) is 16.1. The average Bonchev–Trinajstić information content (AvgIpc) is 3.40. The topological polar surface area (TPSA) is 95.9 Å². The van der Waals surface area contributed by atoms with Crippen LogP contribution < -0.4 is 5.32 Å². The standard InChI is InChI=1S/C68H133NO5/c1-3-5-7-9-11-13-15-17-19-33-36-40-44-48-52-56-60-66(71)65(64-70)69-67(72)61-57-53-49-45-41-37-34-30-28-26-24-22-20-21-23-25-27-29-31-35-39-43-47-51-55-59-63-74-68(73)62-58-54-50-46-42-38-32-18-16-14-12-10-8-6-4-2/h56,60,65-66,70-71H,3-55,57-59,61-64H2,1-2H3,(H,69,72)/b60-56+. The number of aliphatic hydroxyl groups excluding tert-OH is 2. The summed E-state index contributed by atoms with van der Waals surface area (Å²) in [5.74, 6) is -0.0420. The van der Waals surface area contributed by atoms with Gasteiger partial charge in [-0.15, -0.1) is 0 Å². The molecule has 2 unspecified atom stereocenters. The molecule has 0 fully saturated rings. The van der Waals surface area contributed by atoms with Crippen molar-refractivity contribution >= 4 is 11.9 Å². The molecule has 0 aliphatic heterocycles. The third kappa shape index (κ3) is 59.8. The van der Waals surface area contributed by atoms with Gasteiger partial charge in [-0.25, -0.2) is 0 Å². The lowest BCUT2D eigenvalue weighted by molar-refractivity contribution is -0.143. The van der Waals surface area contributed by atoms with Crippen LogP contribution in [-0.4, -0.2) is 47.4 Å². The van der Waals surface area contributed by atoms with Gasteiger partial charge in [0.25, 0.3) is 0 Å². The average molecular weight is 1040 g/mol. The SMILES string of the molecule is CCCCCCCCCCCCCCCC/C=C/C(O)C(CO)NC(=O)CCCCCCCCCCCCCCCCCCCCCCCCCCCCOC(=O)CCCCCCCCCCCCCCCCC. The maximum atomic E-state index is 12.5. The van der Waals surface area contributed by atoms with Crippen LogP contribution >= 0.6 is 0 Å². The molecular formula is C68H133NO5. The quantitative estimate of drug-likeness (QED) is 0.0320. The molecule has 3 N–H and O–H groups in total. The fourth-order valence-electron chi connectivity index (χ4n) is 10.9. The maximum absolute atomic E-state index is 12.5. The van der Waals surface area contributed by atoms with Gasteiger partial charge in [-0.2, -0.15) is 0 Å². The van der Waals surface area contributed by atoms with Crippen molar-refractivity contribution in [2.45, 2.75) is 398 Å². The van der Waals surface area contributed by atoms with Gasteiger partial charge in [0.1, 0.15) is 0 Å². The molecule has 0 rings (SSSR count). The second-order valence-corrected chi connectivity index (χ2v) is 23.5. The molecule has 6 nitrogen and oxygen atoms in total. The Bertz CT molecular complexity index is 1110. The first-order valence-corrected chi connectivity index (χ1v) is 34.0. The highest BCUT2D eigenvalue weighted by atomic mass is 16.5. The number of hydrogen-bond acceptors (Lipinski definition) is 5. The van der Waals surface area contributed by atoms with Gasteiger partial charge in [0.05, 0.1) is 25.4 Å². The van der Waals surface area contributed by atoms with E-state index in [1.165, 1.54) is 321 Å². The number of unbranched alkanes of at least 4 members (excludes halogenated alkanes) is 53. The number of nitrogens with one attached hydrogen (secondary N) is 1. The van der Waals surface area contributed by atoms with Gasteiger partial charge in [0.15, 0.2) is 0 Å². The molecule has 0 heterocycles. The van der Waals surface area contributed by atoms with E-state index in [0.717, 1.165) is 38.5 Å². The van der Waals surface area contributed by atoms with Crippen LogP contribution in [0.5, 0.6) is 0 Å². The first kappa shape index (κ1) is 72.6. The minimum atomic E-state index is -0.842. The summed E-state index contributed by atoms with van der Waals surface area (Å²) < 4.78 is 5.50. The number of rotatable bonds is 64. The number of allylic oxidation sites excluding steroid dienone is 1. The minimum Gasteiger partial charge on any atom is -0.466 e. The summed E-state index contributed by atoms with van der Waals surface area (Å²) in [6.07, 6.45) is 78.5. The summed E-state index contributed by atoms with van der Waals surface area (Å²) in [7, 11) is 0. The van der Waals surface area contributed by atoms with Gasteiger partial charge >= 0.3 is 5.97 Å². The van der Waals surface area contributed by atoms with E-state index in [1.807, 2.05) is 6.08 Å². The number of hydrogen-bond donors (Lipinski definition) is 3. The van der Waals surface area contributed by atoms with Crippen molar-refractivity contribution in [3.63, 3.8) is 0 Å². The number of carbonyl (C=O) groups excluding carboxylic acids is 2. The summed E-state index contributed by atoms with van der Waals surface area (Å²) in [5.41, 5.74) is 0. The van der Waals surface area contributed by atoms with E-state index in [4.69, 9.17) is 4.74 Å². The van der Waals surface area contributed by atoms with Crippen LogP contribution in [0.1, 0.15) is 386 Å². The second-order valence-electron chi connectivity index (χ2n) is 23.5. The van der Waals surface area contributed by atoms with E-state index >= 15 is 0 Å². The summed E-state index contributed by atoms with van der Waals surface area (Å²) in [6, 6.07) is -0.625. The number of esters is 1. The van der Waals surface area contributed by atoms with Crippen molar-refractivity contribution in [3.8, 4) is 0 Å². The molecule has 0 aromatic carbocycles. The van der Waals surface area contributed by atoms with Gasteiger partial charge in [0.2, 0.25) is 5.91 Å². The first-order chi connectivity index (χ1) is 36.5. The number of aliphatic hydroxyl groups is 2. The molecule has 6 heteroatoms. The third-order valence-electron chi connectivity index (χ3n) is 16.1. The van der Waals surface area contributed by atoms with Crippen LogP contribution in [0.15, 0.2) is 12.2 Å². The van der Waals surface area contributed by atoms with E-state index in [9.17, 15) is 19.8 Å². The zero-order valence-electron chi connectivity index (χ0n) is 50.4. The van der Waals surface area contributed by atoms with Crippen LogP contribution in [0.3, 0.4) is 0 Å². The molecule has 0 aliphatic carbocycles. The molecule has 0 aromatic rings. The summed E-state index contributed by atoms with van der Waals surface area (Å²) in [6.45, 7) is 4.94. The van der Waals surface area contributed by atoms with Crippen LogP contribution in [0, 0.1) is 0 Å². The minimum absolute atomic E-state index is 0.0206. The van der Waals surface area contributed by atoms with Crippen LogP contribution in [-0.2, 0) is 14.3 Å². The molecule has 74 heavy (non-hydrogen) atoms.